The number of nitrogens with one attached hydrogen (secondary N) is 2. The third kappa shape index (κ3) is 6.85. The Bertz CT molecular complexity index is 640. The Morgan fingerprint density at radius 3 is 2.56 bits per heavy atom. The van der Waals surface area contributed by atoms with Crippen LogP contribution in [-0.2, 0) is 11.5 Å². The fraction of sp³-hybridized carbons (Fsp3) is 0.688. The van der Waals surface area contributed by atoms with Gasteiger partial charge < -0.3 is 10.6 Å². The van der Waals surface area contributed by atoms with Gasteiger partial charge in [-0.25, -0.2) is 4.68 Å². The Kier molecular flexibility index (Phi) is 7.12. The maximum atomic E-state index is 12.0. The SMILES string of the molecule is C=CCNc1nn(CN2CCN(CC(=O)NC(C)(C)C)CC2)c(=S)s1. The minimum atomic E-state index is -0.183. The average Bonchev–Trinajstić information content (AvgIpc) is 2.85. The Balaban J connectivity index is 1.79. The molecule has 2 rings (SSSR count). The van der Waals surface area contributed by atoms with Gasteiger partial charge in [0.05, 0.1) is 13.2 Å². The van der Waals surface area contributed by atoms with Crippen LogP contribution < -0.4 is 10.6 Å². The van der Waals surface area contributed by atoms with Crippen molar-refractivity contribution in [1.29, 1.82) is 0 Å². The van der Waals surface area contributed by atoms with E-state index in [0.29, 0.717) is 19.8 Å². The van der Waals surface area contributed by atoms with Gasteiger partial charge in [0.15, 0.2) is 3.95 Å². The first-order valence-corrected chi connectivity index (χ1v) is 9.68. The summed E-state index contributed by atoms with van der Waals surface area (Å²) in [6, 6.07) is 0. The molecule has 1 aliphatic heterocycles. The summed E-state index contributed by atoms with van der Waals surface area (Å²) < 4.78 is 2.62. The third-order valence-corrected chi connectivity index (χ3v) is 4.95. The average molecular weight is 385 g/mol. The first-order chi connectivity index (χ1) is 11.8. The predicted octanol–water partition coefficient (Wildman–Crippen LogP) is 1.76. The van der Waals surface area contributed by atoms with Crippen LogP contribution in [-0.4, -0.2) is 70.3 Å². The number of aromatic nitrogens is 2. The molecule has 9 heteroatoms. The number of hydrogen-bond acceptors (Lipinski definition) is 7. The largest absolute Gasteiger partial charge is 0.357 e. The molecule has 1 aliphatic rings. The number of carbonyl (C=O) groups excluding carboxylic acids is 1. The van der Waals surface area contributed by atoms with Gasteiger partial charge in [-0.05, 0) is 33.0 Å². The molecular weight excluding hydrogens is 356 g/mol. The van der Waals surface area contributed by atoms with E-state index in [1.165, 1.54) is 11.3 Å². The lowest BCUT2D eigenvalue weighted by atomic mass is 10.1. The van der Waals surface area contributed by atoms with E-state index in [1.54, 1.807) is 6.08 Å². The van der Waals surface area contributed by atoms with Gasteiger partial charge in [-0.3, -0.25) is 14.6 Å². The standard InChI is InChI=1S/C16H28N6OS2/c1-5-6-17-14-19-22(15(24)25-14)12-21-9-7-20(8-10-21)11-13(23)18-16(2,3)4/h5H,1,6-12H2,2-4H3,(H,17,19)(H,18,23). The van der Waals surface area contributed by atoms with Crippen molar-refractivity contribution < 1.29 is 4.79 Å². The number of nitrogens with zero attached hydrogens (tertiary/aromatic N) is 4. The molecule has 1 amide bonds. The van der Waals surface area contributed by atoms with Crippen molar-refractivity contribution in [3.05, 3.63) is 16.6 Å². The van der Waals surface area contributed by atoms with Crippen molar-refractivity contribution in [3.63, 3.8) is 0 Å². The molecule has 1 fully saturated rings. The van der Waals surface area contributed by atoms with Gasteiger partial charge in [0.1, 0.15) is 0 Å². The lowest BCUT2D eigenvalue weighted by Crippen LogP contribution is -2.51. The Labute approximate surface area is 158 Å². The highest BCUT2D eigenvalue weighted by molar-refractivity contribution is 7.73. The highest BCUT2D eigenvalue weighted by atomic mass is 32.1. The molecule has 2 heterocycles. The molecule has 0 aliphatic carbocycles. The minimum absolute atomic E-state index is 0.0839. The van der Waals surface area contributed by atoms with Crippen LogP contribution >= 0.6 is 23.6 Å². The van der Waals surface area contributed by atoms with Gasteiger partial charge in [0.25, 0.3) is 0 Å². The number of hydrogen-bond donors (Lipinski definition) is 2. The molecule has 2 N–H and O–H groups in total. The minimum Gasteiger partial charge on any atom is -0.357 e. The number of rotatable bonds is 7. The summed E-state index contributed by atoms with van der Waals surface area (Å²) in [5, 5.41) is 11.5. The van der Waals surface area contributed by atoms with E-state index in [9.17, 15) is 4.79 Å². The first kappa shape index (κ1) is 20.0. The summed E-state index contributed by atoms with van der Waals surface area (Å²) >= 11 is 6.86. The zero-order valence-electron chi connectivity index (χ0n) is 15.2. The Morgan fingerprint density at radius 2 is 1.96 bits per heavy atom. The Morgan fingerprint density at radius 1 is 1.32 bits per heavy atom. The molecule has 0 radical (unpaired) electrons. The molecule has 0 bridgehead atoms. The summed E-state index contributed by atoms with van der Waals surface area (Å²) in [5.41, 5.74) is -0.183. The molecule has 1 aromatic rings. The topological polar surface area (TPSA) is 65.4 Å². The quantitative estimate of drug-likeness (QED) is 0.552. The van der Waals surface area contributed by atoms with Crippen LogP contribution in [0.5, 0.6) is 0 Å². The maximum Gasteiger partial charge on any atom is 0.234 e. The van der Waals surface area contributed by atoms with Crippen LogP contribution in [0.1, 0.15) is 20.8 Å². The van der Waals surface area contributed by atoms with E-state index in [0.717, 1.165) is 35.3 Å². The molecule has 25 heavy (non-hydrogen) atoms. The maximum absolute atomic E-state index is 12.0. The van der Waals surface area contributed by atoms with Crippen LogP contribution in [0.3, 0.4) is 0 Å². The van der Waals surface area contributed by atoms with Gasteiger partial charge in [0, 0.05) is 38.3 Å². The van der Waals surface area contributed by atoms with Crippen LogP contribution in [0.2, 0.25) is 0 Å². The Hall–Kier alpha value is -1.29. The van der Waals surface area contributed by atoms with Crippen LogP contribution in [0.15, 0.2) is 12.7 Å². The summed E-state index contributed by atoms with van der Waals surface area (Å²) in [5.74, 6) is 0.0839. The normalized spacial score (nSPS) is 16.6. The third-order valence-electron chi connectivity index (χ3n) is 3.68. The first-order valence-electron chi connectivity index (χ1n) is 8.45. The molecule has 140 valence electrons. The van der Waals surface area contributed by atoms with E-state index in [-0.39, 0.29) is 11.4 Å². The van der Waals surface area contributed by atoms with Crippen LogP contribution in [0.4, 0.5) is 5.13 Å². The van der Waals surface area contributed by atoms with Crippen molar-refractivity contribution in [2.24, 2.45) is 0 Å². The van der Waals surface area contributed by atoms with Gasteiger partial charge >= 0.3 is 0 Å². The van der Waals surface area contributed by atoms with E-state index < -0.39 is 0 Å². The molecule has 0 atom stereocenters. The van der Waals surface area contributed by atoms with E-state index in [1.807, 2.05) is 25.5 Å². The number of anilines is 1. The number of amides is 1. The van der Waals surface area contributed by atoms with E-state index >= 15 is 0 Å². The molecule has 7 nitrogen and oxygen atoms in total. The lowest BCUT2D eigenvalue weighted by molar-refractivity contribution is -0.124. The highest BCUT2D eigenvalue weighted by Crippen LogP contribution is 2.15. The molecule has 0 aromatic carbocycles. The molecule has 0 unspecified atom stereocenters. The number of carbonyl (C=O) groups is 1. The highest BCUT2D eigenvalue weighted by Gasteiger charge is 2.21. The second-order valence-corrected chi connectivity index (χ2v) is 8.80. The second-order valence-electron chi connectivity index (χ2n) is 7.18. The van der Waals surface area contributed by atoms with Gasteiger partial charge in [-0.15, -0.1) is 11.7 Å². The summed E-state index contributed by atoms with van der Waals surface area (Å²) in [6.45, 7) is 15.0. The van der Waals surface area contributed by atoms with E-state index in [2.05, 4.69) is 32.1 Å². The van der Waals surface area contributed by atoms with Crippen molar-refractivity contribution in [1.82, 2.24) is 24.9 Å². The molecule has 1 aromatic heterocycles. The van der Waals surface area contributed by atoms with Gasteiger partial charge in [-0.1, -0.05) is 17.4 Å². The summed E-state index contributed by atoms with van der Waals surface area (Å²) in [7, 11) is 0. The zero-order valence-corrected chi connectivity index (χ0v) is 16.9. The lowest BCUT2D eigenvalue weighted by Gasteiger charge is -2.34. The van der Waals surface area contributed by atoms with Gasteiger partial charge in [-0.2, -0.15) is 0 Å². The number of piperazine rings is 1. The summed E-state index contributed by atoms with van der Waals surface area (Å²) in [6.07, 6.45) is 1.80. The molecule has 1 saturated heterocycles. The van der Waals surface area contributed by atoms with Crippen molar-refractivity contribution >= 4 is 34.6 Å². The van der Waals surface area contributed by atoms with Crippen molar-refractivity contribution in [2.75, 3.05) is 44.6 Å². The van der Waals surface area contributed by atoms with Crippen molar-refractivity contribution in [2.45, 2.75) is 33.0 Å². The predicted molar refractivity (Wildman–Crippen MR) is 106 cm³/mol. The van der Waals surface area contributed by atoms with Crippen molar-refractivity contribution in [3.8, 4) is 0 Å². The smallest absolute Gasteiger partial charge is 0.234 e. The fourth-order valence-electron chi connectivity index (χ4n) is 2.57. The zero-order chi connectivity index (χ0) is 18.4. The van der Waals surface area contributed by atoms with Crippen LogP contribution in [0.25, 0.3) is 0 Å². The van der Waals surface area contributed by atoms with E-state index in [4.69, 9.17) is 12.2 Å². The monoisotopic (exact) mass is 384 g/mol. The van der Waals surface area contributed by atoms with Gasteiger partial charge in [0.2, 0.25) is 11.0 Å². The second kappa shape index (κ2) is 8.88. The summed E-state index contributed by atoms with van der Waals surface area (Å²) in [4.78, 5) is 16.5. The van der Waals surface area contributed by atoms with Crippen LogP contribution in [0, 0.1) is 3.95 Å². The molecule has 0 spiro atoms. The molecular formula is C16H28N6OS2. The molecule has 0 saturated carbocycles. The fourth-order valence-corrected chi connectivity index (χ4v) is 3.57.